The minimum atomic E-state index is -0.0578. The Morgan fingerprint density at radius 2 is 2.09 bits per heavy atom. The van der Waals surface area contributed by atoms with Crippen molar-refractivity contribution >= 4 is 33.3 Å². The van der Waals surface area contributed by atoms with Crippen molar-refractivity contribution in [2.24, 2.45) is 5.92 Å². The molecule has 0 spiro atoms. The van der Waals surface area contributed by atoms with Crippen LogP contribution in [0, 0.1) is 19.8 Å². The predicted molar refractivity (Wildman–Crippen MR) is 88.5 cm³/mol. The number of thiophene rings is 1. The molecule has 0 atom stereocenters. The highest BCUT2D eigenvalue weighted by Crippen LogP contribution is 2.35. The van der Waals surface area contributed by atoms with Crippen LogP contribution in [0.3, 0.4) is 0 Å². The van der Waals surface area contributed by atoms with E-state index in [0.717, 1.165) is 36.6 Å². The van der Waals surface area contributed by atoms with Crippen LogP contribution in [0.2, 0.25) is 0 Å². The molecular weight excluding hydrogens is 298 g/mol. The minimum Gasteiger partial charge on any atom is -0.466 e. The lowest BCUT2D eigenvalue weighted by Gasteiger charge is -2.32. The number of anilines is 1. The number of fused-ring (bicyclic) bond motifs is 1. The van der Waals surface area contributed by atoms with Crippen molar-refractivity contribution in [2.75, 3.05) is 24.6 Å². The molecule has 1 aliphatic rings. The number of rotatable bonds is 3. The topological polar surface area (TPSA) is 55.3 Å². The summed E-state index contributed by atoms with van der Waals surface area (Å²) in [5.74, 6) is 0.977. The molecule has 5 nitrogen and oxygen atoms in total. The van der Waals surface area contributed by atoms with Crippen LogP contribution in [-0.2, 0) is 9.53 Å². The molecule has 22 heavy (non-hydrogen) atoms. The van der Waals surface area contributed by atoms with E-state index < -0.39 is 0 Å². The zero-order chi connectivity index (χ0) is 15.7. The molecule has 0 unspecified atom stereocenters. The zero-order valence-electron chi connectivity index (χ0n) is 13.3. The number of carbonyl (C=O) groups excluding carboxylic acids is 1. The third kappa shape index (κ3) is 2.67. The standard InChI is InChI=1S/C16H21N3O2S/c1-4-21-16(20)12-5-7-19(8-6-12)14-13-10(2)11(3)22-15(13)18-9-17-14/h9,12H,4-8H2,1-3H3. The Morgan fingerprint density at radius 1 is 1.36 bits per heavy atom. The van der Waals surface area contributed by atoms with E-state index in [-0.39, 0.29) is 11.9 Å². The van der Waals surface area contributed by atoms with Crippen molar-refractivity contribution in [3.05, 3.63) is 16.8 Å². The van der Waals surface area contributed by atoms with E-state index in [1.54, 1.807) is 17.7 Å². The molecule has 0 radical (unpaired) electrons. The molecule has 6 heteroatoms. The Morgan fingerprint density at radius 3 is 2.77 bits per heavy atom. The van der Waals surface area contributed by atoms with Gasteiger partial charge in [-0.05, 0) is 39.2 Å². The van der Waals surface area contributed by atoms with Gasteiger partial charge in [-0.3, -0.25) is 4.79 Å². The molecular formula is C16H21N3O2S. The number of esters is 1. The summed E-state index contributed by atoms with van der Waals surface area (Å²) in [5, 5.41) is 1.17. The molecule has 2 aromatic heterocycles. The lowest BCUT2D eigenvalue weighted by Crippen LogP contribution is -2.37. The molecule has 3 rings (SSSR count). The molecule has 0 aliphatic carbocycles. The highest BCUT2D eigenvalue weighted by atomic mass is 32.1. The van der Waals surface area contributed by atoms with Gasteiger partial charge in [0.1, 0.15) is 17.0 Å². The third-order valence-electron chi connectivity index (χ3n) is 4.36. The Bertz CT molecular complexity index is 690. The molecule has 1 saturated heterocycles. The van der Waals surface area contributed by atoms with Crippen LogP contribution in [0.5, 0.6) is 0 Å². The fraction of sp³-hybridized carbons (Fsp3) is 0.562. The first-order valence-electron chi connectivity index (χ1n) is 7.74. The molecule has 1 aliphatic heterocycles. The summed E-state index contributed by atoms with van der Waals surface area (Å²) in [6.45, 7) is 8.24. The van der Waals surface area contributed by atoms with Gasteiger partial charge in [-0.2, -0.15) is 0 Å². The molecule has 3 heterocycles. The number of hydrogen-bond donors (Lipinski definition) is 0. The molecule has 0 N–H and O–H groups in total. The number of piperidine rings is 1. The SMILES string of the molecule is CCOC(=O)C1CCN(c2ncnc3sc(C)c(C)c23)CC1. The molecule has 0 saturated carbocycles. The quantitative estimate of drug-likeness (QED) is 0.814. The second kappa shape index (κ2) is 6.20. The maximum atomic E-state index is 11.8. The van der Waals surface area contributed by atoms with Crippen LogP contribution in [0.1, 0.15) is 30.2 Å². The minimum absolute atomic E-state index is 0.0267. The van der Waals surface area contributed by atoms with Crippen LogP contribution in [0.25, 0.3) is 10.2 Å². The fourth-order valence-electron chi connectivity index (χ4n) is 2.99. The molecule has 2 aromatic rings. The first-order chi connectivity index (χ1) is 10.6. The Balaban J connectivity index is 1.81. The van der Waals surface area contributed by atoms with Crippen LogP contribution in [-0.4, -0.2) is 35.6 Å². The van der Waals surface area contributed by atoms with Crippen LogP contribution >= 0.6 is 11.3 Å². The van der Waals surface area contributed by atoms with E-state index in [4.69, 9.17) is 4.74 Å². The van der Waals surface area contributed by atoms with Gasteiger partial charge in [-0.15, -0.1) is 11.3 Å². The Kier molecular flexibility index (Phi) is 4.29. The van der Waals surface area contributed by atoms with E-state index >= 15 is 0 Å². The summed E-state index contributed by atoms with van der Waals surface area (Å²) in [7, 11) is 0. The molecule has 1 fully saturated rings. The van der Waals surface area contributed by atoms with E-state index in [1.807, 2.05) is 6.92 Å². The van der Waals surface area contributed by atoms with Crippen molar-refractivity contribution < 1.29 is 9.53 Å². The second-order valence-corrected chi connectivity index (χ2v) is 6.88. The Hall–Kier alpha value is -1.69. The normalized spacial score (nSPS) is 16.2. The molecule has 0 amide bonds. The summed E-state index contributed by atoms with van der Waals surface area (Å²) in [6.07, 6.45) is 3.30. The van der Waals surface area contributed by atoms with Crippen molar-refractivity contribution in [3.8, 4) is 0 Å². The van der Waals surface area contributed by atoms with Crippen molar-refractivity contribution in [1.29, 1.82) is 0 Å². The third-order valence-corrected chi connectivity index (χ3v) is 5.48. The highest BCUT2D eigenvalue weighted by Gasteiger charge is 2.28. The van der Waals surface area contributed by atoms with Gasteiger partial charge in [0.05, 0.1) is 17.9 Å². The van der Waals surface area contributed by atoms with Gasteiger partial charge >= 0.3 is 5.97 Å². The summed E-state index contributed by atoms with van der Waals surface area (Å²) >= 11 is 1.72. The van der Waals surface area contributed by atoms with Crippen molar-refractivity contribution in [3.63, 3.8) is 0 Å². The fourth-order valence-corrected chi connectivity index (χ4v) is 3.98. The number of nitrogens with zero attached hydrogens (tertiary/aromatic N) is 3. The Labute approximate surface area is 134 Å². The first kappa shape index (κ1) is 15.2. The molecule has 0 aromatic carbocycles. The maximum absolute atomic E-state index is 11.8. The van der Waals surface area contributed by atoms with E-state index in [2.05, 4.69) is 28.7 Å². The number of carbonyl (C=O) groups is 1. The van der Waals surface area contributed by atoms with Gasteiger partial charge in [0.2, 0.25) is 0 Å². The van der Waals surface area contributed by atoms with Gasteiger partial charge in [-0.25, -0.2) is 9.97 Å². The number of ether oxygens (including phenoxy) is 1. The van der Waals surface area contributed by atoms with Crippen LogP contribution in [0.15, 0.2) is 6.33 Å². The lowest BCUT2D eigenvalue weighted by molar-refractivity contribution is -0.148. The van der Waals surface area contributed by atoms with Gasteiger partial charge in [0.25, 0.3) is 0 Å². The van der Waals surface area contributed by atoms with Crippen molar-refractivity contribution in [1.82, 2.24) is 9.97 Å². The van der Waals surface area contributed by atoms with E-state index in [1.165, 1.54) is 15.8 Å². The van der Waals surface area contributed by atoms with E-state index in [9.17, 15) is 4.79 Å². The van der Waals surface area contributed by atoms with Gasteiger partial charge < -0.3 is 9.64 Å². The summed E-state index contributed by atoms with van der Waals surface area (Å²) in [6, 6.07) is 0. The van der Waals surface area contributed by atoms with Crippen LogP contribution < -0.4 is 4.90 Å². The molecule has 118 valence electrons. The predicted octanol–water partition coefficient (Wildman–Crippen LogP) is 3.09. The number of aromatic nitrogens is 2. The second-order valence-electron chi connectivity index (χ2n) is 5.67. The number of hydrogen-bond acceptors (Lipinski definition) is 6. The average Bonchev–Trinajstić information content (AvgIpc) is 2.83. The van der Waals surface area contributed by atoms with Gasteiger partial charge in [0, 0.05) is 18.0 Å². The van der Waals surface area contributed by atoms with Crippen LogP contribution in [0.4, 0.5) is 5.82 Å². The van der Waals surface area contributed by atoms with Crippen molar-refractivity contribution in [2.45, 2.75) is 33.6 Å². The lowest BCUT2D eigenvalue weighted by atomic mass is 9.97. The molecule has 0 bridgehead atoms. The largest absolute Gasteiger partial charge is 0.466 e. The smallest absolute Gasteiger partial charge is 0.309 e. The summed E-state index contributed by atoms with van der Waals surface area (Å²) < 4.78 is 5.13. The average molecular weight is 319 g/mol. The monoisotopic (exact) mass is 319 g/mol. The first-order valence-corrected chi connectivity index (χ1v) is 8.55. The van der Waals surface area contributed by atoms with Gasteiger partial charge in [0.15, 0.2) is 0 Å². The number of aryl methyl sites for hydroxylation is 2. The van der Waals surface area contributed by atoms with Gasteiger partial charge in [-0.1, -0.05) is 0 Å². The zero-order valence-corrected chi connectivity index (χ0v) is 14.1. The summed E-state index contributed by atoms with van der Waals surface area (Å²) in [4.78, 5) is 25.4. The highest BCUT2D eigenvalue weighted by molar-refractivity contribution is 7.18. The maximum Gasteiger partial charge on any atom is 0.309 e. The van der Waals surface area contributed by atoms with E-state index in [0.29, 0.717) is 6.61 Å². The summed E-state index contributed by atoms with van der Waals surface area (Å²) in [5.41, 5.74) is 1.27.